The number of benzene rings is 1. The molecule has 0 radical (unpaired) electrons. The van der Waals surface area contributed by atoms with Gasteiger partial charge in [-0.3, -0.25) is 4.99 Å². The van der Waals surface area contributed by atoms with Crippen molar-refractivity contribution < 1.29 is 13.2 Å². The Morgan fingerprint density at radius 1 is 1.33 bits per heavy atom. The molecule has 2 nitrogen and oxygen atoms in total. The number of fused-ring (bicyclic) bond motifs is 1. The van der Waals surface area contributed by atoms with Crippen LogP contribution in [0.5, 0.6) is 0 Å². The smallest absolute Gasteiger partial charge is 0.317 e. The molecule has 0 spiro atoms. The average Bonchev–Trinajstić information content (AvgIpc) is 2.88. The largest absolute Gasteiger partial charge is 0.417 e. The first kappa shape index (κ1) is 17.2. The van der Waals surface area contributed by atoms with Crippen molar-refractivity contribution in [2.45, 2.75) is 6.18 Å². The van der Waals surface area contributed by atoms with Gasteiger partial charge in [-0.15, -0.1) is 17.0 Å². The van der Waals surface area contributed by atoms with Crippen LogP contribution in [0.1, 0.15) is 11.1 Å². The van der Waals surface area contributed by atoms with Gasteiger partial charge in [0.2, 0.25) is 0 Å². The van der Waals surface area contributed by atoms with Crippen LogP contribution >= 0.6 is 56.3 Å². The molecule has 0 fully saturated rings. The van der Waals surface area contributed by atoms with Crippen LogP contribution in [-0.4, -0.2) is 23.2 Å². The minimum Gasteiger partial charge on any atom is -0.317 e. The highest BCUT2D eigenvalue weighted by molar-refractivity contribution is 9.14. The maximum Gasteiger partial charge on any atom is 0.417 e. The lowest BCUT2D eigenvalue weighted by atomic mass is 10.1. The Morgan fingerprint density at radius 3 is 2.71 bits per heavy atom. The molecular formula is C12H8Br2ClF3N2S. The summed E-state index contributed by atoms with van der Waals surface area (Å²) in [6, 6.07) is 3.96. The molecule has 1 aromatic carbocycles. The zero-order valence-corrected chi connectivity index (χ0v) is 15.1. The van der Waals surface area contributed by atoms with E-state index >= 15 is 0 Å². The van der Waals surface area contributed by atoms with Crippen LogP contribution in [0.25, 0.3) is 5.70 Å². The summed E-state index contributed by atoms with van der Waals surface area (Å²) in [5, 5.41) is 0.523. The fourth-order valence-electron chi connectivity index (χ4n) is 2.12. The SMILES string of the molecule is Br.FC(F)(F)c1cc(C2=C(Br)SC3=NCCN32)ccc1Cl. The van der Waals surface area contributed by atoms with E-state index in [9.17, 15) is 13.2 Å². The second kappa shape index (κ2) is 6.14. The average molecular weight is 465 g/mol. The van der Waals surface area contributed by atoms with Crippen LogP contribution in [0.15, 0.2) is 27.0 Å². The number of hydrogen-bond acceptors (Lipinski definition) is 3. The molecule has 0 saturated carbocycles. The summed E-state index contributed by atoms with van der Waals surface area (Å²) in [6.07, 6.45) is -4.46. The molecule has 0 aromatic heterocycles. The van der Waals surface area contributed by atoms with Gasteiger partial charge in [0.15, 0.2) is 5.17 Å². The van der Waals surface area contributed by atoms with Gasteiger partial charge in [0.1, 0.15) is 0 Å². The first-order chi connectivity index (χ1) is 9.38. The van der Waals surface area contributed by atoms with Crippen molar-refractivity contribution in [3.8, 4) is 0 Å². The van der Waals surface area contributed by atoms with E-state index in [1.165, 1.54) is 17.8 Å². The predicted molar refractivity (Wildman–Crippen MR) is 89.2 cm³/mol. The molecule has 114 valence electrons. The van der Waals surface area contributed by atoms with E-state index in [0.29, 0.717) is 24.4 Å². The van der Waals surface area contributed by atoms with E-state index in [-0.39, 0.29) is 22.0 Å². The van der Waals surface area contributed by atoms with Crippen molar-refractivity contribution in [2.24, 2.45) is 4.99 Å². The van der Waals surface area contributed by atoms with Gasteiger partial charge < -0.3 is 4.90 Å². The summed E-state index contributed by atoms with van der Waals surface area (Å²) in [5.41, 5.74) is 0.376. The van der Waals surface area contributed by atoms with Gasteiger partial charge >= 0.3 is 6.18 Å². The number of thioether (sulfide) groups is 1. The number of halogens is 6. The monoisotopic (exact) mass is 462 g/mol. The summed E-state index contributed by atoms with van der Waals surface area (Å²) in [4.78, 5) is 6.21. The van der Waals surface area contributed by atoms with Crippen LogP contribution < -0.4 is 0 Å². The molecule has 0 N–H and O–H groups in total. The Bertz CT molecular complexity index is 646. The molecule has 0 atom stereocenters. The molecule has 0 aliphatic carbocycles. The summed E-state index contributed by atoms with van der Waals surface area (Å²) in [6.45, 7) is 1.34. The van der Waals surface area contributed by atoms with E-state index in [4.69, 9.17) is 11.6 Å². The number of aliphatic imine (C=N–C) groups is 1. The molecular weight excluding hydrogens is 456 g/mol. The van der Waals surface area contributed by atoms with Gasteiger partial charge in [-0.1, -0.05) is 17.7 Å². The van der Waals surface area contributed by atoms with Crippen LogP contribution in [0, 0.1) is 0 Å². The Labute approximate surface area is 147 Å². The summed E-state index contributed by atoms with van der Waals surface area (Å²) in [5.74, 6) is 0. The van der Waals surface area contributed by atoms with Gasteiger partial charge in [0, 0.05) is 12.1 Å². The lowest BCUT2D eigenvalue weighted by Crippen LogP contribution is -2.20. The predicted octanol–water partition coefficient (Wildman–Crippen LogP) is 5.38. The van der Waals surface area contributed by atoms with Crippen LogP contribution in [0.2, 0.25) is 5.02 Å². The Morgan fingerprint density at radius 2 is 2.05 bits per heavy atom. The quantitative estimate of drug-likeness (QED) is 0.555. The maximum absolute atomic E-state index is 12.9. The zero-order chi connectivity index (χ0) is 14.5. The first-order valence-electron chi connectivity index (χ1n) is 5.64. The molecule has 2 aliphatic heterocycles. The van der Waals surface area contributed by atoms with E-state index in [1.54, 1.807) is 6.07 Å². The fourth-order valence-corrected chi connectivity index (χ4v) is 4.15. The van der Waals surface area contributed by atoms with E-state index in [0.717, 1.165) is 15.0 Å². The van der Waals surface area contributed by atoms with Crippen LogP contribution in [-0.2, 0) is 6.18 Å². The lowest BCUT2D eigenvalue weighted by Gasteiger charge is -2.18. The van der Waals surface area contributed by atoms with Crippen molar-refractivity contribution in [2.75, 3.05) is 13.1 Å². The number of amidine groups is 1. The summed E-state index contributed by atoms with van der Waals surface area (Å²) in [7, 11) is 0. The second-order valence-electron chi connectivity index (χ2n) is 4.23. The van der Waals surface area contributed by atoms with Gasteiger partial charge in [-0.25, -0.2) is 0 Å². The molecule has 1 aromatic rings. The van der Waals surface area contributed by atoms with Gasteiger partial charge in [0.05, 0.1) is 26.6 Å². The second-order valence-corrected chi connectivity index (χ2v) is 6.94. The molecule has 0 unspecified atom stereocenters. The molecule has 3 rings (SSSR count). The van der Waals surface area contributed by atoms with E-state index in [1.807, 2.05) is 4.90 Å². The number of nitrogens with zero attached hydrogens (tertiary/aromatic N) is 2. The van der Waals surface area contributed by atoms with Gasteiger partial charge in [-0.2, -0.15) is 13.2 Å². The minimum atomic E-state index is -4.46. The standard InChI is InChI=1S/C12H7BrClF3N2S.BrH/c13-10-9(19-4-3-18-11(19)20-10)6-1-2-8(14)7(5-6)12(15,16)17;/h1-2,5H,3-4H2;1H. The Hall–Kier alpha value is -0.180. The minimum absolute atomic E-state index is 0. The van der Waals surface area contributed by atoms with E-state index < -0.39 is 11.7 Å². The first-order valence-corrected chi connectivity index (χ1v) is 7.63. The van der Waals surface area contributed by atoms with Gasteiger partial charge in [-0.05, 0) is 39.8 Å². The summed E-state index contributed by atoms with van der Waals surface area (Å²) < 4.78 is 39.5. The molecule has 0 amide bonds. The number of hydrogen-bond donors (Lipinski definition) is 0. The third kappa shape index (κ3) is 3.13. The third-order valence-electron chi connectivity index (χ3n) is 2.98. The molecule has 9 heteroatoms. The third-order valence-corrected chi connectivity index (χ3v) is 5.08. The van der Waals surface area contributed by atoms with Crippen molar-refractivity contribution in [3.63, 3.8) is 0 Å². The van der Waals surface area contributed by atoms with Crippen molar-refractivity contribution in [1.82, 2.24) is 4.90 Å². The summed E-state index contributed by atoms with van der Waals surface area (Å²) >= 11 is 10.5. The Balaban J connectivity index is 0.00000161. The van der Waals surface area contributed by atoms with Crippen molar-refractivity contribution in [3.05, 3.63) is 38.2 Å². The highest BCUT2D eigenvalue weighted by Gasteiger charge is 2.36. The zero-order valence-electron chi connectivity index (χ0n) is 10.2. The molecule has 0 bridgehead atoms. The number of rotatable bonds is 1. The highest BCUT2D eigenvalue weighted by Crippen LogP contribution is 2.46. The molecule has 2 heterocycles. The topological polar surface area (TPSA) is 15.6 Å². The Kier molecular flexibility index (Phi) is 5.02. The van der Waals surface area contributed by atoms with Crippen molar-refractivity contribution in [1.29, 1.82) is 0 Å². The normalized spacial score (nSPS) is 17.8. The number of alkyl halides is 3. The van der Waals surface area contributed by atoms with Crippen LogP contribution in [0.3, 0.4) is 0 Å². The van der Waals surface area contributed by atoms with Crippen molar-refractivity contribution >= 4 is 67.1 Å². The highest BCUT2D eigenvalue weighted by atomic mass is 79.9. The van der Waals surface area contributed by atoms with E-state index in [2.05, 4.69) is 20.9 Å². The maximum atomic E-state index is 12.9. The molecule has 21 heavy (non-hydrogen) atoms. The van der Waals surface area contributed by atoms with Gasteiger partial charge in [0.25, 0.3) is 0 Å². The fraction of sp³-hybridized carbons (Fsp3) is 0.250. The molecule has 0 saturated heterocycles. The van der Waals surface area contributed by atoms with Crippen LogP contribution in [0.4, 0.5) is 13.2 Å². The molecule has 2 aliphatic rings. The lowest BCUT2D eigenvalue weighted by molar-refractivity contribution is -0.137.